The molecule has 0 radical (unpaired) electrons. The van der Waals surface area contributed by atoms with E-state index >= 15 is 0 Å². The van der Waals surface area contributed by atoms with Crippen molar-refractivity contribution in [3.63, 3.8) is 0 Å². The summed E-state index contributed by atoms with van der Waals surface area (Å²) in [6.45, 7) is 7.02. The van der Waals surface area contributed by atoms with Crippen LogP contribution in [0.25, 0.3) is 0 Å². The number of fused-ring (bicyclic) bond motifs is 1. The van der Waals surface area contributed by atoms with Gasteiger partial charge in [0.2, 0.25) is 0 Å². The lowest BCUT2D eigenvalue weighted by Gasteiger charge is -2.35. The fourth-order valence-corrected chi connectivity index (χ4v) is 4.57. The van der Waals surface area contributed by atoms with Crippen LogP contribution in [0.2, 0.25) is 0 Å². The predicted octanol–water partition coefficient (Wildman–Crippen LogP) is 2.56. The summed E-state index contributed by atoms with van der Waals surface area (Å²) >= 11 is 7.87. The Morgan fingerprint density at radius 1 is 1.11 bits per heavy atom. The van der Waals surface area contributed by atoms with Gasteiger partial charge in [0.15, 0.2) is 0 Å². The van der Waals surface area contributed by atoms with Gasteiger partial charge in [0.25, 0.3) is 0 Å². The minimum absolute atomic E-state index is 0.747. The quantitative estimate of drug-likeness (QED) is 0.789. The molecule has 0 bridgehead atoms. The largest absolute Gasteiger partial charge is 0.300 e. The van der Waals surface area contributed by atoms with E-state index in [-0.39, 0.29) is 0 Å². The average Bonchev–Trinajstić information content (AvgIpc) is 2.83. The van der Waals surface area contributed by atoms with E-state index in [4.69, 9.17) is 11.6 Å². The number of halogens is 1. The molecule has 1 saturated heterocycles. The van der Waals surface area contributed by atoms with Gasteiger partial charge < -0.3 is 0 Å². The Balaban J connectivity index is 1.47. The molecule has 0 saturated carbocycles. The molecule has 1 aromatic carbocycles. The zero-order valence-corrected chi connectivity index (χ0v) is 12.8. The van der Waals surface area contributed by atoms with Crippen LogP contribution in [0, 0.1) is 0 Å². The minimum Gasteiger partial charge on any atom is -0.300 e. The van der Waals surface area contributed by atoms with E-state index in [1.165, 1.54) is 44.0 Å². The lowest BCUT2D eigenvalue weighted by atomic mass is 10.1. The van der Waals surface area contributed by atoms with Crippen LogP contribution in [-0.4, -0.2) is 60.2 Å². The van der Waals surface area contributed by atoms with E-state index in [0.717, 1.165) is 17.7 Å². The Morgan fingerprint density at radius 3 is 2.58 bits per heavy atom. The maximum absolute atomic E-state index is 5.80. The smallest absolute Gasteiger partial charge is 0.0351 e. The van der Waals surface area contributed by atoms with Crippen molar-refractivity contribution in [3.05, 3.63) is 29.8 Å². The van der Waals surface area contributed by atoms with Crippen LogP contribution in [0.4, 0.5) is 0 Å². The summed E-state index contributed by atoms with van der Waals surface area (Å²) in [6, 6.07) is 8.85. The molecule has 2 nitrogen and oxygen atoms in total. The Bertz CT molecular complexity index is 393. The first-order valence-corrected chi connectivity index (χ1v) is 8.52. The SMILES string of the molecule is ClCCN1CCN(CC2Cc3ccccc3S2)CC1. The molecule has 1 fully saturated rings. The van der Waals surface area contributed by atoms with Gasteiger partial charge >= 0.3 is 0 Å². The van der Waals surface area contributed by atoms with Gasteiger partial charge in [0.05, 0.1) is 0 Å². The van der Waals surface area contributed by atoms with Crippen molar-refractivity contribution in [2.75, 3.05) is 45.1 Å². The molecular formula is C15H21ClN2S. The molecule has 104 valence electrons. The van der Waals surface area contributed by atoms with Crippen molar-refractivity contribution in [2.24, 2.45) is 0 Å². The van der Waals surface area contributed by atoms with Crippen molar-refractivity contribution in [3.8, 4) is 0 Å². The van der Waals surface area contributed by atoms with Gasteiger partial charge in [0, 0.05) is 55.3 Å². The van der Waals surface area contributed by atoms with E-state index < -0.39 is 0 Å². The van der Waals surface area contributed by atoms with Crippen LogP contribution >= 0.6 is 23.4 Å². The van der Waals surface area contributed by atoms with Crippen LogP contribution in [0.3, 0.4) is 0 Å². The molecule has 0 aliphatic carbocycles. The summed E-state index contributed by atoms with van der Waals surface area (Å²) in [7, 11) is 0. The second-order valence-corrected chi connectivity index (χ2v) is 7.10. The average molecular weight is 297 g/mol. The van der Waals surface area contributed by atoms with Crippen LogP contribution < -0.4 is 0 Å². The fraction of sp³-hybridized carbons (Fsp3) is 0.600. The van der Waals surface area contributed by atoms with Gasteiger partial charge in [-0.05, 0) is 18.1 Å². The third kappa shape index (κ3) is 3.46. The number of rotatable bonds is 4. The van der Waals surface area contributed by atoms with Crippen molar-refractivity contribution < 1.29 is 0 Å². The van der Waals surface area contributed by atoms with Gasteiger partial charge in [-0.25, -0.2) is 0 Å². The molecule has 2 heterocycles. The summed E-state index contributed by atoms with van der Waals surface area (Å²) in [5, 5.41) is 0.747. The van der Waals surface area contributed by atoms with E-state index in [1.807, 2.05) is 0 Å². The molecule has 0 aromatic heterocycles. The molecular weight excluding hydrogens is 276 g/mol. The highest BCUT2D eigenvalue weighted by Crippen LogP contribution is 2.37. The standard InChI is InChI=1S/C15H21ClN2S/c16-5-6-17-7-9-18(10-8-17)12-14-11-13-3-1-2-4-15(13)19-14/h1-4,14H,5-12H2. The van der Waals surface area contributed by atoms with Gasteiger partial charge in [0.1, 0.15) is 0 Å². The van der Waals surface area contributed by atoms with Crippen molar-refractivity contribution >= 4 is 23.4 Å². The fourth-order valence-electron chi connectivity index (χ4n) is 2.96. The van der Waals surface area contributed by atoms with Gasteiger partial charge in [-0.15, -0.1) is 23.4 Å². The monoisotopic (exact) mass is 296 g/mol. The molecule has 2 aliphatic heterocycles. The molecule has 0 amide bonds. The molecule has 1 unspecified atom stereocenters. The van der Waals surface area contributed by atoms with Gasteiger partial charge in [-0.1, -0.05) is 18.2 Å². The Hall–Kier alpha value is -0.220. The topological polar surface area (TPSA) is 6.48 Å². The van der Waals surface area contributed by atoms with Gasteiger partial charge in [-0.3, -0.25) is 9.80 Å². The highest BCUT2D eigenvalue weighted by molar-refractivity contribution is 8.00. The number of hydrogen-bond acceptors (Lipinski definition) is 3. The number of benzene rings is 1. The molecule has 0 N–H and O–H groups in total. The number of piperazine rings is 1. The van der Waals surface area contributed by atoms with E-state index in [0.29, 0.717) is 0 Å². The van der Waals surface area contributed by atoms with Crippen LogP contribution in [0.5, 0.6) is 0 Å². The number of nitrogens with zero attached hydrogens (tertiary/aromatic N) is 2. The highest BCUT2D eigenvalue weighted by Gasteiger charge is 2.25. The highest BCUT2D eigenvalue weighted by atomic mass is 35.5. The zero-order valence-electron chi connectivity index (χ0n) is 11.2. The molecule has 2 aliphatic rings. The maximum Gasteiger partial charge on any atom is 0.0351 e. The maximum atomic E-state index is 5.80. The van der Waals surface area contributed by atoms with Crippen molar-refractivity contribution in [1.82, 2.24) is 9.80 Å². The van der Waals surface area contributed by atoms with Crippen LogP contribution in [0.15, 0.2) is 29.2 Å². The second-order valence-electron chi connectivity index (χ2n) is 5.38. The summed E-state index contributed by atoms with van der Waals surface area (Å²) in [5.74, 6) is 0.758. The van der Waals surface area contributed by atoms with Gasteiger partial charge in [-0.2, -0.15) is 0 Å². The molecule has 1 aromatic rings. The molecule has 19 heavy (non-hydrogen) atoms. The Kier molecular flexibility index (Phi) is 4.69. The third-order valence-electron chi connectivity index (χ3n) is 4.04. The predicted molar refractivity (Wildman–Crippen MR) is 83.4 cm³/mol. The first-order chi connectivity index (χ1) is 9.35. The first-order valence-electron chi connectivity index (χ1n) is 7.10. The van der Waals surface area contributed by atoms with Crippen molar-refractivity contribution in [2.45, 2.75) is 16.6 Å². The van der Waals surface area contributed by atoms with Crippen LogP contribution in [0.1, 0.15) is 5.56 Å². The first kappa shape index (κ1) is 13.7. The lowest BCUT2D eigenvalue weighted by molar-refractivity contribution is 0.138. The number of thioether (sulfide) groups is 1. The number of hydrogen-bond donors (Lipinski definition) is 0. The molecule has 3 rings (SSSR count). The summed E-state index contributed by atoms with van der Waals surface area (Å²) < 4.78 is 0. The number of alkyl halides is 1. The minimum atomic E-state index is 0.747. The Labute approximate surface area is 125 Å². The lowest BCUT2D eigenvalue weighted by Crippen LogP contribution is -2.48. The molecule has 0 spiro atoms. The van der Waals surface area contributed by atoms with E-state index in [9.17, 15) is 0 Å². The summed E-state index contributed by atoms with van der Waals surface area (Å²) in [4.78, 5) is 6.59. The summed E-state index contributed by atoms with van der Waals surface area (Å²) in [6.07, 6.45) is 1.24. The molecule has 1 atom stereocenters. The third-order valence-corrected chi connectivity index (χ3v) is 5.51. The normalized spacial score (nSPS) is 24.6. The zero-order chi connectivity index (χ0) is 13.1. The summed E-state index contributed by atoms with van der Waals surface area (Å²) in [5.41, 5.74) is 1.54. The Morgan fingerprint density at radius 2 is 1.84 bits per heavy atom. The second kappa shape index (κ2) is 6.49. The van der Waals surface area contributed by atoms with E-state index in [1.54, 1.807) is 5.56 Å². The molecule has 4 heteroatoms. The van der Waals surface area contributed by atoms with E-state index in [2.05, 4.69) is 45.8 Å². The van der Waals surface area contributed by atoms with Crippen molar-refractivity contribution in [1.29, 1.82) is 0 Å². The van der Waals surface area contributed by atoms with Crippen LogP contribution in [-0.2, 0) is 6.42 Å².